The van der Waals surface area contributed by atoms with Gasteiger partial charge in [0, 0.05) is 32.1 Å². The van der Waals surface area contributed by atoms with Gasteiger partial charge in [0.2, 0.25) is 0 Å². The molecular weight excluding hydrogens is 233 g/mol. The molecule has 0 aliphatic heterocycles. The van der Waals surface area contributed by atoms with Gasteiger partial charge in [-0.15, -0.1) is 0 Å². The fourth-order valence-corrected chi connectivity index (χ4v) is 1.96. The Morgan fingerprint density at radius 2 is 2.22 bits per heavy atom. The van der Waals surface area contributed by atoms with Crippen LogP contribution < -0.4 is 4.90 Å². The first-order chi connectivity index (χ1) is 8.63. The number of nitrogens with zero attached hydrogens (tertiary/aromatic N) is 3. The molecule has 1 aromatic carbocycles. The second kappa shape index (κ2) is 5.18. The van der Waals surface area contributed by atoms with Crippen LogP contribution in [0.2, 0.25) is 0 Å². The van der Waals surface area contributed by atoms with Gasteiger partial charge in [0.25, 0.3) is 0 Å². The Hall–Kier alpha value is -1.88. The third-order valence-corrected chi connectivity index (χ3v) is 2.92. The summed E-state index contributed by atoms with van der Waals surface area (Å²) in [4.78, 5) is 5.96. The SMILES string of the molecule is CN(Cc1nccn1C)c1c(F)cccc1CO. The molecule has 0 atom stereocenters. The number of benzene rings is 1. The molecule has 0 saturated heterocycles. The highest BCUT2D eigenvalue weighted by Gasteiger charge is 2.14. The Balaban J connectivity index is 2.29. The van der Waals surface area contributed by atoms with E-state index in [0.29, 0.717) is 17.8 Å². The van der Waals surface area contributed by atoms with Crippen LogP contribution in [0.25, 0.3) is 0 Å². The highest BCUT2D eigenvalue weighted by molar-refractivity contribution is 5.54. The van der Waals surface area contributed by atoms with Gasteiger partial charge < -0.3 is 14.6 Å². The van der Waals surface area contributed by atoms with E-state index >= 15 is 0 Å². The Morgan fingerprint density at radius 3 is 2.83 bits per heavy atom. The van der Waals surface area contributed by atoms with Crippen molar-refractivity contribution in [3.8, 4) is 0 Å². The maximum Gasteiger partial charge on any atom is 0.146 e. The van der Waals surface area contributed by atoms with Gasteiger partial charge >= 0.3 is 0 Å². The van der Waals surface area contributed by atoms with Crippen LogP contribution in [0.1, 0.15) is 11.4 Å². The third-order valence-electron chi connectivity index (χ3n) is 2.92. The number of hydrogen-bond donors (Lipinski definition) is 1. The second-order valence-electron chi connectivity index (χ2n) is 4.22. The smallest absolute Gasteiger partial charge is 0.146 e. The molecule has 2 aromatic rings. The lowest BCUT2D eigenvalue weighted by molar-refractivity contribution is 0.281. The summed E-state index contributed by atoms with van der Waals surface area (Å²) in [6.45, 7) is 0.301. The highest BCUT2D eigenvalue weighted by Crippen LogP contribution is 2.24. The minimum absolute atomic E-state index is 0.183. The minimum Gasteiger partial charge on any atom is -0.392 e. The summed E-state index contributed by atoms with van der Waals surface area (Å²) in [5, 5.41) is 9.26. The van der Waals surface area contributed by atoms with Gasteiger partial charge in [-0.1, -0.05) is 12.1 Å². The van der Waals surface area contributed by atoms with Crippen molar-refractivity contribution >= 4 is 5.69 Å². The predicted molar refractivity (Wildman–Crippen MR) is 67.6 cm³/mol. The molecule has 0 saturated carbocycles. The fraction of sp³-hybridized carbons (Fsp3) is 0.308. The van der Waals surface area contributed by atoms with Crippen LogP contribution in [-0.2, 0) is 20.2 Å². The minimum atomic E-state index is -0.335. The summed E-state index contributed by atoms with van der Waals surface area (Å²) in [7, 11) is 3.68. The molecule has 0 amide bonds. The number of halogens is 1. The van der Waals surface area contributed by atoms with E-state index in [1.54, 1.807) is 30.3 Å². The van der Waals surface area contributed by atoms with E-state index in [4.69, 9.17) is 0 Å². The van der Waals surface area contributed by atoms with Crippen LogP contribution in [0.4, 0.5) is 10.1 Å². The Kier molecular flexibility index (Phi) is 3.62. The van der Waals surface area contributed by atoms with Crippen molar-refractivity contribution in [3.05, 3.63) is 47.8 Å². The van der Waals surface area contributed by atoms with Gasteiger partial charge in [-0.05, 0) is 6.07 Å². The molecule has 2 rings (SSSR count). The van der Waals surface area contributed by atoms with Crippen LogP contribution in [0.15, 0.2) is 30.6 Å². The van der Waals surface area contributed by atoms with Crippen molar-refractivity contribution in [1.82, 2.24) is 9.55 Å². The van der Waals surface area contributed by atoms with Gasteiger partial charge in [-0.3, -0.25) is 0 Å². The largest absolute Gasteiger partial charge is 0.392 e. The van der Waals surface area contributed by atoms with Crippen molar-refractivity contribution in [2.75, 3.05) is 11.9 Å². The van der Waals surface area contributed by atoms with Gasteiger partial charge in [0.05, 0.1) is 18.8 Å². The molecule has 4 nitrogen and oxygen atoms in total. The molecule has 1 aromatic heterocycles. The zero-order valence-electron chi connectivity index (χ0n) is 10.5. The molecule has 96 valence electrons. The zero-order chi connectivity index (χ0) is 13.1. The van der Waals surface area contributed by atoms with Crippen molar-refractivity contribution in [3.63, 3.8) is 0 Å². The number of aliphatic hydroxyl groups excluding tert-OH is 1. The van der Waals surface area contributed by atoms with Gasteiger partial charge in [0.15, 0.2) is 0 Å². The van der Waals surface area contributed by atoms with E-state index in [1.165, 1.54) is 6.07 Å². The van der Waals surface area contributed by atoms with Crippen molar-refractivity contribution in [1.29, 1.82) is 0 Å². The summed E-state index contributed by atoms with van der Waals surface area (Å²) in [6.07, 6.45) is 3.55. The van der Waals surface area contributed by atoms with E-state index in [-0.39, 0.29) is 12.4 Å². The molecule has 0 aliphatic rings. The Morgan fingerprint density at radius 1 is 1.44 bits per heavy atom. The Labute approximate surface area is 105 Å². The van der Waals surface area contributed by atoms with Gasteiger partial charge in [-0.25, -0.2) is 9.37 Å². The molecule has 18 heavy (non-hydrogen) atoms. The number of hydrogen-bond acceptors (Lipinski definition) is 3. The van der Waals surface area contributed by atoms with E-state index in [1.807, 2.05) is 17.8 Å². The average molecular weight is 249 g/mol. The van der Waals surface area contributed by atoms with Crippen LogP contribution in [0.3, 0.4) is 0 Å². The van der Waals surface area contributed by atoms with Crippen LogP contribution in [0, 0.1) is 5.82 Å². The molecule has 0 bridgehead atoms. The number of para-hydroxylation sites is 1. The van der Waals surface area contributed by atoms with Crippen LogP contribution >= 0.6 is 0 Å². The lowest BCUT2D eigenvalue weighted by Gasteiger charge is -2.22. The topological polar surface area (TPSA) is 41.3 Å². The fourth-order valence-electron chi connectivity index (χ4n) is 1.96. The summed E-state index contributed by atoms with van der Waals surface area (Å²) in [5.41, 5.74) is 0.995. The lowest BCUT2D eigenvalue weighted by atomic mass is 10.1. The van der Waals surface area contributed by atoms with Crippen LogP contribution in [0.5, 0.6) is 0 Å². The monoisotopic (exact) mass is 249 g/mol. The molecule has 0 aliphatic carbocycles. The molecule has 5 heteroatoms. The molecule has 1 heterocycles. The van der Waals surface area contributed by atoms with Crippen molar-refractivity contribution in [2.45, 2.75) is 13.2 Å². The first-order valence-corrected chi connectivity index (χ1v) is 5.69. The molecule has 0 unspecified atom stereocenters. The maximum absolute atomic E-state index is 13.8. The molecular formula is C13H16FN3O. The zero-order valence-corrected chi connectivity index (χ0v) is 10.5. The van der Waals surface area contributed by atoms with Crippen molar-refractivity contribution < 1.29 is 9.50 Å². The number of aryl methyl sites for hydroxylation is 1. The van der Waals surface area contributed by atoms with Crippen LogP contribution in [-0.4, -0.2) is 21.7 Å². The number of anilines is 1. The highest BCUT2D eigenvalue weighted by atomic mass is 19.1. The Bertz CT molecular complexity index is 539. The van der Waals surface area contributed by atoms with Gasteiger partial charge in [-0.2, -0.15) is 0 Å². The van der Waals surface area contributed by atoms with E-state index in [9.17, 15) is 9.50 Å². The van der Waals surface area contributed by atoms with E-state index in [2.05, 4.69) is 4.98 Å². The summed E-state index contributed by atoms with van der Waals surface area (Å²) < 4.78 is 15.7. The predicted octanol–water partition coefficient (Wildman–Crippen LogP) is 1.69. The molecule has 0 spiro atoms. The first kappa shape index (κ1) is 12.6. The van der Waals surface area contributed by atoms with E-state index < -0.39 is 0 Å². The lowest BCUT2D eigenvalue weighted by Crippen LogP contribution is -2.21. The molecule has 0 fully saturated rings. The van der Waals surface area contributed by atoms with E-state index in [0.717, 1.165) is 5.82 Å². The third kappa shape index (κ3) is 2.36. The summed E-state index contributed by atoms with van der Waals surface area (Å²) >= 11 is 0. The van der Waals surface area contributed by atoms with Gasteiger partial charge in [0.1, 0.15) is 11.6 Å². The van der Waals surface area contributed by atoms with Crippen molar-refractivity contribution in [2.24, 2.45) is 7.05 Å². The average Bonchev–Trinajstić information content (AvgIpc) is 2.74. The number of aliphatic hydroxyl groups is 1. The molecule has 0 radical (unpaired) electrons. The maximum atomic E-state index is 13.8. The number of rotatable bonds is 4. The second-order valence-corrected chi connectivity index (χ2v) is 4.22. The summed E-state index contributed by atoms with van der Waals surface area (Å²) in [6, 6.07) is 4.70. The quantitative estimate of drug-likeness (QED) is 0.896. The summed E-state index contributed by atoms with van der Waals surface area (Å²) in [5.74, 6) is 0.503. The number of imidazole rings is 1. The standard InChI is InChI=1S/C13H16FN3O/c1-16-7-6-15-12(16)8-17(2)13-10(9-18)4-3-5-11(13)14/h3-7,18H,8-9H2,1-2H3. The molecule has 1 N–H and O–H groups in total. The normalized spacial score (nSPS) is 10.7. The first-order valence-electron chi connectivity index (χ1n) is 5.69. The number of aromatic nitrogens is 2.